The Balaban J connectivity index is 0. The van der Waals surface area contributed by atoms with Gasteiger partial charge in [0, 0.05) is 0 Å². The van der Waals surface area contributed by atoms with Crippen LogP contribution in [0.4, 0.5) is 4.79 Å². The van der Waals surface area contributed by atoms with Crippen LogP contribution in [0.5, 0.6) is 0 Å². The number of hydrogen-bond acceptors (Lipinski definition) is 4. The molecule has 3 nitrogen and oxygen atoms in total. The molecule has 0 atom stereocenters. The van der Waals surface area contributed by atoms with E-state index in [0.717, 1.165) is 16.6 Å². The van der Waals surface area contributed by atoms with Crippen LogP contribution in [-0.2, 0) is 16.6 Å². The van der Waals surface area contributed by atoms with E-state index >= 15 is 0 Å². The summed E-state index contributed by atoms with van der Waals surface area (Å²) >= 11 is 7.54. The fourth-order valence-corrected chi connectivity index (χ4v) is 0. The number of carboxylic acid groups (broad SMARTS) is 1. The Morgan fingerprint density at radius 3 is 1.75 bits per heavy atom. The predicted molar refractivity (Wildman–Crippen MR) is 35.4 cm³/mol. The van der Waals surface area contributed by atoms with Crippen molar-refractivity contribution in [1.29, 1.82) is 0 Å². The van der Waals surface area contributed by atoms with Gasteiger partial charge in [0.1, 0.15) is 0 Å². The molecule has 0 rings (SSSR count). The zero-order chi connectivity index (χ0) is 7.15. The molecule has 0 saturated heterocycles. The van der Waals surface area contributed by atoms with E-state index in [4.69, 9.17) is 5.11 Å². The molecule has 0 fully saturated rings. The van der Waals surface area contributed by atoms with Crippen molar-refractivity contribution in [3.05, 3.63) is 0 Å². The molecule has 0 unspecified atom stereocenters. The summed E-state index contributed by atoms with van der Waals surface area (Å²) < 4.78 is 0.472. The Hall–Kier alpha value is 0.813. The van der Waals surface area contributed by atoms with Gasteiger partial charge in [-0.3, -0.25) is 0 Å². The Kier molecular flexibility index (Phi) is 11.3. The summed E-state index contributed by atoms with van der Waals surface area (Å²) in [7, 11) is 4.21. The van der Waals surface area contributed by atoms with E-state index in [1.165, 1.54) is 0 Å². The van der Waals surface area contributed by atoms with Gasteiger partial charge >= 0.3 is 32.8 Å². The summed E-state index contributed by atoms with van der Waals surface area (Å²) in [4.78, 5) is 9.47. The van der Waals surface area contributed by atoms with Crippen LogP contribution in [0.2, 0.25) is 0 Å². The van der Waals surface area contributed by atoms with Crippen LogP contribution >= 0.6 is 35.7 Å². The fourth-order valence-electron chi connectivity index (χ4n) is 0. The van der Waals surface area contributed by atoms with Crippen LogP contribution in [0.1, 0.15) is 0 Å². The second-order valence-electron chi connectivity index (χ2n) is 0.572. The summed E-state index contributed by atoms with van der Waals surface area (Å²) in [5, 5.41) is 7.76. The van der Waals surface area contributed by atoms with Gasteiger partial charge in [0.2, 0.25) is 0 Å². The van der Waals surface area contributed by atoms with Crippen LogP contribution in [0.25, 0.3) is 0 Å². The molecule has 44 valence electrons. The van der Waals surface area contributed by atoms with Gasteiger partial charge in [0.25, 0.3) is 0 Å². The Morgan fingerprint density at radius 2 is 1.75 bits per heavy atom. The van der Waals surface area contributed by atoms with Gasteiger partial charge in [-0.25, -0.2) is 4.79 Å². The van der Waals surface area contributed by atoms with Crippen molar-refractivity contribution < 1.29 is 26.5 Å². The Bertz CT molecular complexity index is 77.7. The maximum absolute atomic E-state index is 9.47. The van der Waals surface area contributed by atoms with Crippen molar-refractivity contribution in [2.45, 2.75) is 0 Å². The molecule has 0 aliphatic carbocycles. The molecule has 0 aromatic carbocycles. The van der Waals surface area contributed by atoms with Crippen molar-refractivity contribution in [2.24, 2.45) is 0 Å². The molecule has 0 aliphatic heterocycles. The van der Waals surface area contributed by atoms with Crippen LogP contribution < -0.4 is 0 Å². The van der Waals surface area contributed by atoms with E-state index in [0.29, 0.717) is 3.71 Å². The average Bonchev–Trinajstić information content (AvgIpc) is 1.72. The first-order valence-corrected chi connectivity index (χ1v) is 6.35. The molecule has 8 heavy (non-hydrogen) atoms. The van der Waals surface area contributed by atoms with E-state index in [1.54, 1.807) is 0 Å². The summed E-state index contributed by atoms with van der Waals surface area (Å²) in [6.45, 7) is 0. The monoisotopic (exact) mass is 221 g/mol. The third-order valence-corrected chi connectivity index (χ3v) is 0.513. The molecule has 0 spiro atoms. The molecule has 0 saturated carbocycles. The van der Waals surface area contributed by atoms with Crippen molar-refractivity contribution in [1.82, 2.24) is 3.71 Å². The van der Waals surface area contributed by atoms with Gasteiger partial charge in [0.15, 0.2) is 0 Å². The van der Waals surface area contributed by atoms with Crippen LogP contribution in [0.3, 0.4) is 0 Å². The minimum absolute atomic E-state index is 0.472. The van der Waals surface area contributed by atoms with E-state index in [1.807, 2.05) is 0 Å². The summed E-state index contributed by atoms with van der Waals surface area (Å²) in [6, 6.07) is 0. The van der Waals surface area contributed by atoms with Gasteiger partial charge < -0.3 is 5.11 Å². The van der Waals surface area contributed by atoms with E-state index in [-0.39, 0.29) is 0 Å². The quantitative estimate of drug-likeness (QED) is 0.428. The zero-order valence-electron chi connectivity index (χ0n) is 3.81. The number of thiol groups is 2. The normalized spacial score (nSPS) is 6.50. The molecule has 1 amide bonds. The second-order valence-corrected chi connectivity index (χ2v) is 1.69. The predicted octanol–water partition coefficient (Wildman–Crippen LogP) is 1.30. The van der Waals surface area contributed by atoms with Crippen LogP contribution in [-0.4, -0.2) is 14.9 Å². The molecule has 0 aromatic heterocycles. The first-order valence-electron chi connectivity index (χ1n) is 1.34. The number of rotatable bonds is 0. The number of nitrogens with zero attached hydrogens (tertiary/aromatic N) is 1. The maximum atomic E-state index is 9.47. The van der Waals surface area contributed by atoms with Crippen molar-refractivity contribution >= 4 is 41.8 Å². The summed E-state index contributed by atoms with van der Waals surface area (Å²) in [5.41, 5.74) is 0. The minimum atomic E-state index is -1.18. The summed E-state index contributed by atoms with van der Waals surface area (Å²) in [6.07, 6.45) is -1.18. The third kappa shape index (κ3) is 9.94. The second kappa shape index (κ2) is 7.81. The van der Waals surface area contributed by atoms with Gasteiger partial charge in [-0.1, -0.05) is 0 Å². The van der Waals surface area contributed by atoms with Gasteiger partial charge in [-0.15, -0.1) is 0 Å². The van der Waals surface area contributed by atoms with E-state index < -0.39 is 6.09 Å². The fraction of sp³-hybridized carbons (Fsp3) is 0. The Morgan fingerprint density at radius 1 is 1.62 bits per heavy atom. The van der Waals surface area contributed by atoms with Crippen molar-refractivity contribution in [2.75, 3.05) is 0 Å². The summed E-state index contributed by atoms with van der Waals surface area (Å²) in [5.74, 6) is 0. The van der Waals surface area contributed by atoms with E-state index in [2.05, 4.69) is 35.7 Å². The topological polar surface area (TPSA) is 40.5 Å². The third-order valence-electron chi connectivity index (χ3n) is 0.171. The molecule has 0 aliphatic rings. The molecule has 0 radical (unpaired) electrons. The SMILES string of the molecule is O=C(O)N(S)S.[S]=[Zn]. The van der Waals surface area contributed by atoms with Crippen molar-refractivity contribution in [3.8, 4) is 0 Å². The van der Waals surface area contributed by atoms with Gasteiger partial charge in [-0.05, 0) is 25.6 Å². The molecular formula is CH3NO2S3Zn. The zero-order valence-corrected chi connectivity index (χ0v) is 9.38. The number of amides is 1. The van der Waals surface area contributed by atoms with Gasteiger partial charge in [-0.2, -0.15) is 3.71 Å². The molecule has 0 heterocycles. The van der Waals surface area contributed by atoms with Crippen LogP contribution in [0, 0.1) is 0 Å². The molecule has 0 bridgehead atoms. The standard InChI is InChI=1S/CH3NO2S2.S.Zn/c3-1(4)2(5)6;;/h5-6H,(H,3,4);;. The Labute approximate surface area is 71.8 Å². The van der Waals surface area contributed by atoms with E-state index in [9.17, 15) is 4.79 Å². The van der Waals surface area contributed by atoms with Gasteiger partial charge in [0.05, 0.1) is 0 Å². The molecule has 0 aromatic rings. The molecule has 7 heteroatoms. The van der Waals surface area contributed by atoms with Crippen LogP contribution in [0.15, 0.2) is 0 Å². The van der Waals surface area contributed by atoms with Crippen molar-refractivity contribution in [3.63, 3.8) is 0 Å². The first-order chi connectivity index (χ1) is 3.64. The first kappa shape index (κ1) is 11.6. The number of carbonyl (C=O) groups is 1. The molecular weight excluding hydrogens is 220 g/mol. The number of hydrogen-bond donors (Lipinski definition) is 3. The molecule has 1 N–H and O–H groups in total. The average molecular weight is 223 g/mol.